The van der Waals surface area contributed by atoms with Gasteiger partial charge in [0, 0.05) is 50.7 Å². The third kappa shape index (κ3) is 7.45. The van der Waals surface area contributed by atoms with Gasteiger partial charge in [-0.25, -0.2) is 6.57 Å². The van der Waals surface area contributed by atoms with Crippen molar-refractivity contribution in [1.82, 2.24) is 0 Å². The Morgan fingerprint density at radius 1 is 0.727 bits per heavy atom. The standard InChI is InChI=1S/C25H30N2O6/c1-27-17-33-25-22(15-30-4)11-19(12-23(25)16-31-5)8-18-9-20(13-28-2)24(32-7-6-26)21(10-18)14-29-3/h9-12H,7-8,13-17H2,2-5H3. The first-order valence-corrected chi connectivity index (χ1v) is 10.3. The molecule has 2 aromatic rings. The van der Waals surface area contributed by atoms with Crippen molar-refractivity contribution in [2.75, 3.05) is 41.8 Å². The summed E-state index contributed by atoms with van der Waals surface area (Å²) in [5, 5.41) is 8.95. The quantitative estimate of drug-likeness (QED) is 0.399. The SMILES string of the molecule is [C-]#[N+]COc1c(COC)cc(Cc2cc(COC)c(OCC#N)c(COC)c2)cc1COC. The van der Waals surface area contributed by atoms with Gasteiger partial charge in [0.05, 0.1) is 26.4 Å². The molecule has 0 heterocycles. The third-order valence-corrected chi connectivity index (χ3v) is 4.77. The Kier molecular flexibility index (Phi) is 11.2. The van der Waals surface area contributed by atoms with E-state index in [-0.39, 0.29) is 13.3 Å². The van der Waals surface area contributed by atoms with Crippen molar-refractivity contribution in [3.63, 3.8) is 0 Å². The number of ether oxygens (including phenoxy) is 6. The van der Waals surface area contributed by atoms with E-state index in [0.717, 1.165) is 33.4 Å². The largest absolute Gasteiger partial charge is 0.478 e. The second-order valence-corrected chi connectivity index (χ2v) is 7.27. The Morgan fingerprint density at radius 3 is 1.45 bits per heavy atom. The van der Waals surface area contributed by atoms with Gasteiger partial charge < -0.3 is 28.4 Å². The molecular formula is C25H30N2O6. The topological polar surface area (TPSA) is 83.5 Å². The number of hydrogen-bond acceptors (Lipinski definition) is 7. The highest BCUT2D eigenvalue weighted by Crippen LogP contribution is 2.32. The zero-order chi connectivity index (χ0) is 24.1. The lowest BCUT2D eigenvalue weighted by Gasteiger charge is -2.18. The zero-order valence-electron chi connectivity index (χ0n) is 19.6. The molecule has 0 aliphatic rings. The fourth-order valence-corrected chi connectivity index (χ4v) is 3.72. The van der Waals surface area contributed by atoms with Gasteiger partial charge in [-0.1, -0.05) is 0 Å². The minimum Gasteiger partial charge on any atom is -0.478 e. The Bertz CT molecular complexity index is 860. The number of rotatable bonds is 14. The summed E-state index contributed by atoms with van der Waals surface area (Å²) in [6, 6.07) is 10.1. The summed E-state index contributed by atoms with van der Waals surface area (Å²) in [6.07, 6.45) is 0.627. The highest BCUT2D eigenvalue weighted by molar-refractivity contribution is 5.49. The third-order valence-electron chi connectivity index (χ3n) is 4.77. The maximum Gasteiger partial charge on any atom is 0.357 e. The van der Waals surface area contributed by atoms with E-state index in [4.69, 9.17) is 40.3 Å². The molecule has 0 aromatic heterocycles. The monoisotopic (exact) mass is 454 g/mol. The molecule has 0 bridgehead atoms. The number of hydrogen-bond donors (Lipinski definition) is 0. The first-order chi connectivity index (χ1) is 16.1. The minimum atomic E-state index is -0.0717. The molecule has 0 saturated carbocycles. The van der Waals surface area contributed by atoms with Crippen LogP contribution in [0.5, 0.6) is 11.5 Å². The van der Waals surface area contributed by atoms with Crippen LogP contribution in [0.4, 0.5) is 0 Å². The average molecular weight is 455 g/mol. The summed E-state index contributed by atoms with van der Waals surface area (Å²) in [6.45, 7) is 8.31. The normalized spacial score (nSPS) is 10.5. The van der Waals surface area contributed by atoms with Crippen LogP contribution in [0.15, 0.2) is 24.3 Å². The van der Waals surface area contributed by atoms with Crippen LogP contribution in [0.3, 0.4) is 0 Å². The molecule has 0 amide bonds. The van der Waals surface area contributed by atoms with E-state index in [9.17, 15) is 0 Å². The molecule has 0 atom stereocenters. The molecule has 0 radical (unpaired) electrons. The van der Waals surface area contributed by atoms with Gasteiger partial charge in [-0.2, -0.15) is 5.26 Å². The van der Waals surface area contributed by atoms with E-state index in [1.54, 1.807) is 28.4 Å². The maximum absolute atomic E-state index is 8.95. The first kappa shape index (κ1) is 26.1. The maximum atomic E-state index is 8.95. The van der Waals surface area contributed by atoms with Gasteiger partial charge in [-0.3, -0.25) is 4.85 Å². The molecule has 0 saturated heterocycles. The van der Waals surface area contributed by atoms with Crippen molar-refractivity contribution in [1.29, 1.82) is 5.26 Å². The van der Waals surface area contributed by atoms with Crippen molar-refractivity contribution in [3.05, 3.63) is 69.1 Å². The molecule has 2 aromatic carbocycles. The molecule has 0 aliphatic carbocycles. The van der Waals surface area contributed by atoms with Gasteiger partial charge in [-0.15, -0.1) is 0 Å². The van der Waals surface area contributed by atoms with Crippen LogP contribution in [0.2, 0.25) is 0 Å². The molecule has 0 fully saturated rings. The molecule has 0 N–H and O–H groups in total. The fourth-order valence-electron chi connectivity index (χ4n) is 3.72. The molecule has 0 spiro atoms. The van der Waals surface area contributed by atoms with Gasteiger partial charge in [0.25, 0.3) is 0 Å². The van der Waals surface area contributed by atoms with E-state index in [1.165, 1.54) is 0 Å². The summed E-state index contributed by atoms with van der Waals surface area (Å²) in [4.78, 5) is 3.30. The summed E-state index contributed by atoms with van der Waals surface area (Å²) >= 11 is 0. The lowest BCUT2D eigenvalue weighted by Crippen LogP contribution is -2.07. The van der Waals surface area contributed by atoms with Crippen molar-refractivity contribution >= 4 is 0 Å². The predicted molar refractivity (Wildman–Crippen MR) is 122 cm³/mol. The Morgan fingerprint density at radius 2 is 1.12 bits per heavy atom. The lowest BCUT2D eigenvalue weighted by molar-refractivity contribution is 0.172. The minimum absolute atomic E-state index is 0.0560. The van der Waals surface area contributed by atoms with Crippen LogP contribution in [0.25, 0.3) is 4.85 Å². The van der Waals surface area contributed by atoms with Crippen LogP contribution >= 0.6 is 0 Å². The number of nitrogens with zero attached hydrogens (tertiary/aromatic N) is 2. The van der Waals surface area contributed by atoms with Crippen molar-refractivity contribution in [2.24, 2.45) is 0 Å². The smallest absolute Gasteiger partial charge is 0.357 e. The van der Waals surface area contributed by atoms with Crippen LogP contribution in [-0.4, -0.2) is 41.8 Å². The number of methoxy groups -OCH3 is 4. The predicted octanol–water partition coefficient (Wildman–Crippen LogP) is 4.02. The van der Waals surface area contributed by atoms with Crippen LogP contribution < -0.4 is 9.47 Å². The summed E-state index contributed by atoms with van der Waals surface area (Å²) in [5.74, 6) is 1.24. The Labute approximate surface area is 195 Å². The second-order valence-electron chi connectivity index (χ2n) is 7.27. The summed E-state index contributed by atoms with van der Waals surface area (Å²) in [5.41, 5.74) is 5.50. The highest BCUT2D eigenvalue weighted by Gasteiger charge is 2.17. The molecule has 2 rings (SSSR count). The fraction of sp³-hybridized carbons (Fsp3) is 0.440. The molecule has 176 valence electrons. The van der Waals surface area contributed by atoms with E-state index < -0.39 is 0 Å². The van der Waals surface area contributed by atoms with E-state index in [2.05, 4.69) is 4.85 Å². The van der Waals surface area contributed by atoms with Gasteiger partial charge in [-0.05, 0) is 41.8 Å². The summed E-state index contributed by atoms with van der Waals surface area (Å²) < 4.78 is 32.8. The van der Waals surface area contributed by atoms with Gasteiger partial charge >= 0.3 is 6.73 Å². The van der Waals surface area contributed by atoms with Crippen LogP contribution in [0.1, 0.15) is 33.4 Å². The van der Waals surface area contributed by atoms with E-state index in [0.29, 0.717) is 44.3 Å². The molecule has 0 unspecified atom stereocenters. The van der Waals surface area contributed by atoms with Crippen LogP contribution in [0, 0.1) is 17.9 Å². The van der Waals surface area contributed by atoms with Crippen molar-refractivity contribution < 1.29 is 28.4 Å². The van der Waals surface area contributed by atoms with Gasteiger partial charge in [0.2, 0.25) is 0 Å². The molecular weight excluding hydrogens is 424 g/mol. The Balaban J connectivity index is 2.51. The van der Waals surface area contributed by atoms with Crippen molar-refractivity contribution in [2.45, 2.75) is 32.8 Å². The highest BCUT2D eigenvalue weighted by atomic mass is 16.5. The molecule has 8 heteroatoms. The number of nitriles is 1. The molecule has 8 nitrogen and oxygen atoms in total. The zero-order valence-corrected chi connectivity index (χ0v) is 19.6. The second kappa shape index (κ2) is 14.1. The molecule has 0 aliphatic heterocycles. The van der Waals surface area contributed by atoms with Gasteiger partial charge in [0.1, 0.15) is 17.6 Å². The molecule has 33 heavy (non-hydrogen) atoms. The first-order valence-electron chi connectivity index (χ1n) is 10.3. The Hall–Kier alpha value is -3.14. The van der Waals surface area contributed by atoms with Crippen LogP contribution in [-0.2, 0) is 51.8 Å². The lowest BCUT2D eigenvalue weighted by atomic mass is 9.96. The summed E-state index contributed by atoms with van der Waals surface area (Å²) in [7, 11) is 6.48. The van der Waals surface area contributed by atoms with Gasteiger partial charge in [0.15, 0.2) is 6.61 Å². The average Bonchev–Trinajstić information content (AvgIpc) is 2.79. The number of benzene rings is 2. The van der Waals surface area contributed by atoms with E-state index in [1.807, 2.05) is 30.3 Å². The van der Waals surface area contributed by atoms with Crippen molar-refractivity contribution in [3.8, 4) is 17.6 Å². The van der Waals surface area contributed by atoms with E-state index >= 15 is 0 Å².